The highest BCUT2D eigenvalue weighted by Gasteiger charge is 2.29. The van der Waals surface area contributed by atoms with Crippen molar-refractivity contribution in [3.63, 3.8) is 0 Å². The van der Waals surface area contributed by atoms with Crippen molar-refractivity contribution in [2.24, 2.45) is 7.05 Å². The Morgan fingerprint density at radius 1 is 1.18 bits per heavy atom. The first-order chi connectivity index (χ1) is 19.0. The lowest BCUT2D eigenvalue weighted by Crippen LogP contribution is -2.32. The number of benzene rings is 1. The van der Waals surface area contributed by atoms with Gasteiger partial charge in [0.2, 0.25) is 11.8 Å². The number of hydrogen-bond acceptors (Lipinski definition) is 9. The normalized spacial score (nSPS) is 15.3. The summed E-state index contributed by atoms with van der Waals surface area (Å²) in [6.07, 6.45) is 2.73. The van der Waals surface area contributed by atoms with Gasteiger partial charge in [0.1, 0.15) is 0 Å². The molecule has 5 rings (SSSR count). The van der Waals surface area contributed by atoms with Crippen molar-refractivity contribution in [1.29, 1.82) is 0 Å². The van der Waals surface area contributed by atoms with Gasteiger partial charge in [-0.1, -0.05) is 38.1 Å². The van der Waals surface area contributed by atoms with Crippen molar-refractivity contribution >= 4 is 23.6 Å². The molecule has 13 nitrogen and oxygen atoms in total. The van der Waals surface area contributed by atoms with E-state index >= 15 is 0 Å². The summed E-state index contributed by atoms with van der Waals surface area (Å²) < 4.78 is 7.03. The monoisotopic (exact) mass is 545 g/mol. The molecule has 40 heavy (non-hydrogen) atoms. The van der Waals surface area contributed by atoms with Gasteiger partial charge >= 0.3 is 6.09 Å². The van der Waals surface area contributed by atoms with Gasteiger partial charge in [-0.15, -0.1) is 0 Å². The van der Waals surface area contributed by atoms with Crippen molar-refractivity contribution in [2.45, 2.75) is 52.1 Å². The molecule has 4 heterocycles. The number of amides is 2. The Morgan fingerprint density at radius 2 is 1.98 bits per heavy atom. The summed E-state index contributed by atoms with van der Waals surface area (Å²) >= 11 is 0. The maximum atomic E-state index is 13.0. The Labute approximate surface area is 230 Å². The number of fused-ring (bicyclic) bond motifs is 1. The molecular weight excluding hydrogens is 514 g/mol. The molecule has 4 aromatic rings. The number of aromatic nitrogens is 6. The second kappa shape index (κ2) is 10.4. The van der Waals surface area contributed by atoms with E-state index in [1.54, 1.807) is 23.1 Å². The van der Waals surface area contributed by atoms with Gasteiger partial charge in [0.05, 0.1) is 29.3 Å². The molecule has 0 saturated heterocycles. The number of rotatable bonds is 5. The second-order valence-electron chi connectivity index (χ2n) is 10.8. The molecule has 0 spiro atoms. The fourth-order valence-corrected chi connectivity index (χ4v) is 4.44. The predicted octanol–water partition coefficient (Wildman–Crippen LogP) is 3.96. The highest BCUT2D eigenvalue weighted by Crippen LogP contribution is 2.31. The van der Waals surface area contributed by atoms with Crippen LogP contribution in [0.15, 0.2) is 41.2 Å². The van der Waals surface area contributed by atoms with Crippen molar-refractivity contribution in [3.8, 4) is 11.3 Å². The van der Waals surface area contributed by atoms with Gasteiger partial charge in [0, 0.05) is 37.3 Å². The minimum atomic E-state index is -1.03. The molecule has 2 amide bonds. The maximum Gasteiger partial charge on any atom is 0.407 e. The minimum absolute atomic E-state index is 0.0627. The quantitative estimate of drug-likeness (QED) is 0.334. The van der Waals surface area contributed by atoms with Crippen LogP contribution in [0.5, 0.6) is 0 Å². The summed E-state index contributed by atoms with van der Waals surface area (Å²) in [4.78, 5) is 39.5. The smallest absolute Gasteiger partial charge is 0.407 e. The number of nitrogens with zero attached hydrogens (tertiary/aromatic N) is 7. The fourth-order valence-electron chi connectivity index (χ4n) is 4.44. The van der Waals surface area contributed by atoms with Crippen LogP contribution in [0.2, 0.25) is 0 Å². The third kappa shape index (κ3) is 5.48. The van der Waals surface area contributed by atoms with Crippen molar-refractivity contribution in [2.75, 3.05) is 11.9 Å². The third-order valence-corrected chi connectivity index (χ3v) is 6.85. The first-order valence-electron chi connectivity index (χ1n) is 12.8. The summed E-state index contributed by atoms with van der Waals surface area (Å²) in [5, 5.41) is 24.0. The summed E-state index contributed by atoms with van der Waals surface area (Å²) in [5.74, 6) is 0.223. The number of aryl methyl sites for hydroxylation is 1. The Bertz CT molecular complexity index is 1570. The Balaban J connectivity index is 1.43. The van der Waals surface area contributed by atoms with Crippen LogP contribution < -0.4 is 10.6 Å². The van der Waals surface area contributed by atoms with E-state index in [1.165, 1.54) is 4.90 Å². The number of anilines is 2. The molecule has 0 bridgehead atoms. The minimum Gasteiger partial charge on any atom is -0.465 e. The molecule has 0 unspecified atom stereocenters. The van der Waals surface area contributed by atoms with Crippen LogP contribution in [-0.4, -0.2) is 58.4 Å². The number of carbonyl (C=O) groups excluding carboxylic acids is 1. The standard InChI is InChI=1S/C27H31N9O4/c1-15-21(13-29-35(15)5)32-25-28-10-8-19(31-25)16-6-7-18-17(12-16)14-36(26(38)39)11-9-20(18)30-23(37)22-33-24(40-34-22)27(2,3)4/h6-8,10,12-13,20H,9,11,14H2,1-5H3,(H,30,37)(H,38,39)(H,28,31,32)/t20-/m1/s1. The van der Waals surface area contributed by atoms with E-state index in [1.807, 2.05) is 52.9 Å². The summed E-state index contributed by atoms with van der Waals surface area (Å²) in [6.45, 7) is 8.11. The van der Waals surface area contributed by atoms with E-state index in [2.05, 4.69) is 35.8 Å². The Hall–Kier alpha value is -4.81. The molecule has 1 aromatic carbocycles. The van der Waals surface area contributed by atoms with E-state index in [-0.39, 0.29) is 18.9 Å². The van der Waals surface area contributed by atoms with Crippen LogP contribution in [0.1, 0.15) is 66.6 Å². The van der Waals surface area contributed by atoms with Crippen LogP contribution in [0.4, 0.5) is 16.4 Å². The summed E-state index contributed by atoms with van der Waals surface area (Å²) in [5.41, 5.74) is 4.38. The molecule has 0 radical (unpaired) electrons. The molecule has 3 aromatic heterocycles. The molecule has 13 heteroatoms. The van der Waals surface area contributed by atoms with Gasteiger partial charge in [-0.25, -0.2) is 14.8 Å². The highest BCUT2D eigenvalue weighted by molar-refractivity contribution is 5.90. The summed E-state index contributed by atoms with van der Waals surface area (Å²) in [7, 11) is 1.86. The average molecular weight is 546 g/mol. The van der Waals surface area contributed by atoms with Crippen molar-refractivity contribution in [3.05, 3.63) is 65.2 Å². The summed E-state index contributed by atoms with van der Waals surface area (Å²) in [6, 6.07) is 7.05. The fraction of sp³-hybridized carbons (Fsp3) is 0.370. The van der Waals surface area contributed by atoms with Crippen LogP contribution >= 0.6 is 0 Å². The number of carbonyl (C=O) groups is 2. The maximum absolute atomic E-state index is 13.0. The SMILES string of the molecule is Cc1c(Nc2nccc(-c3ccc4c(c3)CN(C(=O)O)CC[C@H]4NC(=O)c3noc(C(C)(C)C)n3)n2)cnn1C. The van der Waals surface area contributed by atoms with E-state index in [4.69, 9.17) is 4.52 Å². The van der Waals surface area contributed by atoms with Gasteiger partial charge in [-0.3, -0.25) is 9.48 Å². The lowest BCUT2D eigenvalue weighted by molar-refractivity contribution is 0.0919. The molecule has 0 saturated carbocycles. The topological polar surface area (TPSA) is 164 Å². The van der Waals surface area contributed by atoms with E-state index in [0.717, 1.165) is 28.1 Å². The first-order valence-corrected chi connectivity index (χ1v) is 12.8. The van der Waals surface area contributed by atoms with Gasteiger partial charge in [-0.2, -0.15) is 10.1 Å². The van der Waals surface area contributed by atoms with Crippen LogP contribution in [0.25, 0.3) is 11.3 Å². The molecule has 1 aliphatic heterocycles. The Morgan fingerprint density at radius 3 is 2.65 bits per heavy atom. The first kappa shape index (κ1) is 26.8. The van der Waals surface area contributed by atoms with Crippen LogP contribution in [-0.2, 0) is 19.0 Å². The molecule has 208 valence electrons. The predicted molar refractivity (Wildman–Crippen MR) is 145 cm³/mol. The van der Waals surface area contributed by atoms with Gasteiger partial charge in [-0.05, 0) is 36.6 Å². The number of carboxylic acid groups (broad SMARTS) is 1. The molecular formula is C27H31N9O4. The number of hydrogen-bond donors (Lipinski definition) is 3. The Kier molecular flexibility index (Phi) is 6.96. The van der Waals surface area contributed by atoms with Gasteiger partial charge < -0.3 is 25.2 Å². The van der Waals surface area contributed by atoms with E-state index in [0.29, 0.717) is 24.0 Å². The lowest BCUT2D eigenvalue weighted by Gasteiger charge is -2.19. The van der Waals surface area contributed by atoms with E-state index in [9.17, 15) is 14.7 Å². The average Bonchev–Trinajstić information content (AvgIpc) is 3.49. The molecule has 3 N–H and O–H groups in total. The third-order valence-electron chi connectivity index (χ3n) is 6.85. The molecule has 0 aliphatic carbocycles. The van der Waals surface area contributed by atoms with Gasteiger partial charge in [0.15, 0.2) is 0 Å². The largest absolute Gasteiger partial charge is 0.465 e. The van der Waals surface area contributed by atoms with E-state index < -0.39 is 23.5 Å². The van der Waals surface area contributed by atoms with Crippen molar-refractivity contribution in [1.82, 2.24) is 40.1 Å². The zero-order valence-corrected chi connectivity index (χ0v) is 23.0. The van der Waals surface area contributed by atoms with Crippen molar-refractivity contribution < 1.29 is 19.2 Å². The zero-order chi connectivity index (χ0) is 28.6. The molecule has 0 fully saturated rings. The van der Waals surface area contributed by atoms with Crippen LogP contribution in [0, 0.1) is 6.92 Å². The number of nitrogens with one attached hydrogen (secondary N) is 2. The molecule has 1 aliphatic rings. The zero-order valence-electron chi connectivity index (χ0n) is 23.0. The molecule has 1 atom stereocenters. The highest BCUT2D eigenvalue weighted by atomic mass is 16.5. The van der Waals surface area contributed by atoms with Crippen LogP contribution in [0.3, 0.4) is 0 Å². The second-order valence-corrected chi connectivity index (χ2v) is 10.8. The lowest BCUT2D eigenvalue weighted by atomic mass is 9.96. The van der Waals surface area contributed by atoms with Gasteiger partial charge in [0.25, 0.3) is 11.7 Å².